The van der Waals surface area contributed by atoms with Gasteiger partial charge >= 0.3 is 0 Å². The van der Waals surface area contributed by atoms with E-state index in [0.29, 0.717) is 17.5 Å². The number of para-hydroxylation sites is 2. The largest absolute Gasteiger partial charge is 0.456 e. The molecule has 10 aromatic rings. The van der Waals surface area contributed by atoms with E-state index in [-0.39, 0.29) is 5.41 Å². The highest BCUT2D eigenvalue weighted by Gasteiger charge is 2.39. The second kappa shape index (κ2) is 11.1. The van der Waals surface area contributed by atoms with Crippen molar-refractivity contribution in [2.24, 2.45) is 0 Å². The lowest BCUT2D eigenvalue weighted by atomic mass is 9.80. The number of rotatable bonds is 4. The maximum absolute atomic E-state index is 6.35. The van der Waals surface area contributed by atoms with Gasteiger partial charge in [-0.2, -0.15) is 0 Å². The quantitative estimate of drug-likeness (QED) is 0.186. The minimum absolute atomic E-state index is 0.211. The maximum atomic E-state index is 6.35. The van der Waals surface area contributed by atoms with Crippen molar-refractivity contribution in [3.8, 4) is 51.0 Å². The van der Waals surface area contributed by atoms with Gasteiger partial charge in [-0.3, -0.25) is 0 Å². The summed E-state index contributed by atoms with van der Waals surface area (Å²) in [6, 6.07) is 55.2. The first-order chi connectivity index (χ1) is 26.0. The summed E-state index contributed by atoms with van der Waals surface area (Å²) < 4.78 is 8.74. The molecule has 3 heterocycles. The molecule has 0 bridgehead atoms. The SMILES string of the molecule is CC1(C)c2cc3c4ccccc4n(-c4ccc(-c5nc(-c6ccccc6)nc(-c6ccccc6)n5)cc4)c3cc2-c2ccc3oc4ccccc4c3c21. The molecule has 53 heavy (non-hydrogen) atoms. The highest BCUT2D eigenvalue weighted by Crippen LogP contribution is 2.54. The van der Waals surface area contributed by atoms with Gasteiger partial charge in [-0.15, -0.1) is 0 Å². The lowest BCUT2D eigenvalue weighted by Crippen LogP contribution is -2.15. The Morgan fingerprint density at radius 1 is 0.472 bits per heavy atom. The number of furan rings is 1. The Morgan fingerprint density at radius 2 is 1.06 bits per heavy atom. The Kier molecular flexibility index (Phi) is 6.23. The van der Waals surface area contributed by atoms with E-state index in [0.717, 1.165) is 33.5 Å². The zero-order chi connectivity index (χ0) is 35.3. The minimum Gasteiger partial charge on any atom is -0.456 e. The van der Waals surface area contributed by atoms with Crippen molar-refractivity contribution in [3.05, 3.63) is 169 Å². The van der Waals surface area contributed by atoms with E-state index >= 15 is 0 Å². The summed E-state index contributed by atoms with van der Waals surface area (Å²) in [5, 5.41) is 4.87. The van der Waals surface area contributed by atoms with E-state index in [1.165, 1.54) is 54.8 Å². The summed E-state index contributed by atoms with van der Waals surface area (Å²) in [5.41, 5.74) is 13.2. The Bertz CT molecular complexity index is 3010. The molecule has 3 aromatic heterocycles. The fourth-order valence-electron chi connectivity index (χ4n) is 8.56. The summed E-state index contributed by atoms with van der Waals surface area (Å²) in [6.07, 6.45) is 0. The fraction of sp³-hybridized carbons (Fsp3) is 0.0625. The van der Waals surface area contributed by atoms with Gasteiger partial charge in [0.25, 0.3) is 0 Å². The number of nitrogens with zero attached hydrogens (tertiary/aromatic N) is 4. The van der Waals surface area contributed by atoms with Crippen LogP contribution >= 0.6 is 0 Å². The third kappa shape index (κ3) is 4.40. The summed E-state index contributed by atoms with van der Waals surface area (Å²) in [4.78, 5) is 14.8. The van der Waals surface area contributed by atoms with Crippen LogP contribution in [-0.2, 0) is 5.41 Å². The monoisotopic (exact) mass is 680 g/mol. The van der Waals surface area contributed by atoms with Crippen LogP contribution < -0.4 is 0 Å². The van der Waals surface area contributed by atoms with Gasteiger partial charge < -0.3 is 8.98 Å². The molecule has 0 N–H and O–H groups in total. The van der Waals surface area contributed by atoms with Gasteiger partial charge in [0, 0.05) is 49.3 Å². The van der Waals surface area contributed by atoms with Gasteiger partial charge in [-0.05, 0) is 76.9 Å². The first-order valence-corrected chi connectivity index (χ1v) is 18.0. The molecule has 0 saturated carbocycles. The van der Waals surface area contributed by atoms with Crippen LogP contribution in [0.5, 0.6) is 0 Å². The first kappa shape index (κ1) is 29.8. The normalized spacial score (nSPS) is 13.2. The molecule has 250 valence electrons. The molecule has 0 radical (unpaired) electrons. The second-order valence-corrected chi connectivity index (χ2v) is 14.4. The second-order valence-electron chi connectivity index (χ2n) is 14.4. The van der Waals surface area contributed by atoms with Crippen LogP contribution in [0.3, 0.4) is 0 Å². The van der Waals surface area contributed by atoms with Crippen molar-refractivity contribution < 1.29 is 4.42 Å². The molecule has 11 rings (SSSR count). The zero-order valence-electron chi connectivity index (χ0n) is 29.2. The summed E-state index contributed by atoms with van der Waals surface area (Å²) in [6.45, 7) is 4.71. The topological polar surface area (TPSA) is 56.7 Å². The molecule has 0 atom stereocenters. The number of benzene rings is 7. The van der Waals surface area contributed by atoms with Gasteiger partial charge in [0.05, 0.1) is 11.0 Å². The molecule has 0 unspecified atom stereocenters. The third-order valence-electron chi connectivity index (χ3n) is 11.0. The maximum Gasteiger partial charge on any atom is 0.164 e. The van der Waals surface area contributed by atoms with Gasteiger partial charge in [0.1, 0.15) is 11.2 Å². The highest BCUT2D eigenvalue weighted by atomic mass is 16.3. The van der Waals surface area contributed by atoms with Crippen molar-refractivity contribution in [1.82, 2.24) is 19.5 Å². The predicted octanol–water partition coefficient (Wildman–Crippen LogP) is 12.2. The summed E-state index contributed by atoms with van der Waals surface area (Å²) >= 11 is 0. The molecule has 0 spiro atoms. The first-order valence-electron chi connectivity index (χ1n) is 18.0. The van der Waals surface area contributed by atoms with E-state index in [1.807, 2.05) is 66.7 Å². The number of aromatic nitrogens is 4. The van der Waals surface area contributed by atoms with Crippen molar-refractivity contribution >= 4 is 43.7 Å². The summed E-state index contributed by atoms with van der Waals surface area (Å²) in [5.74, 6) is 1.94. The number of fused-ring (bicyclic) bond motifs is 10. The molecule has 5 nitrogen and oxygen atoms in total. The van der Waals surface area contributed by atoms with Gasteiger partial charge in [0.15, 0.2) is 17.5 Å². The average Bonchev–Trinajstić information content (AvgIpc) is 3.83. The van der Waals surface area contributed by atoms with Gasteiger partial charge in [-0.1, -0.05) is 117 Å². The Hall–Kier alpha value is -6.85. The average molecular weight is 681 g/mol. The van der Waals surface area contributed by atoms with Crippen LogP contribution in [0, 0.1) is 0 Å². The van der Waals surface area contributed by atoms with Crippen LogP contribution in [0.15, 0.2) is 162 Å². The molecule has 0 amide bonds. The Balaban J connectivity index is 1.08. The predicted molar refractivity (Wildman–Crippen MR) is 215 cm³/mol. The van der Waals surface area contributed by atoms with Crippen molar-refractivity contribution in [2.75, 3.05) is 0 Å². The molecule has 1 aliphatic carbocycles. The lowest BCUT2D eigenvalue weighted by Gasteiger charge is -2.22. The smallest absolute Gasteiger partial charge is 0.164 e. The molecule has 5 heteroatoms. The molecule has 0 aliphatic heterocycles. The molecule has 7 aromatic carbocycles. The fourth-order valence-corrected chi connectivity index (χ4v) is 8.56. The van der Waals surface area contributed by atoms with Crippen molar-refractivity contribution in [2.45, 2.75) is 19.3 Å². The summed E-state index contributed by atoms with van der Waals surface area (Å²) in [7, 11) is 0. The van der Waals surface area contributed by atoms with Crippen LogP contribution in [-0.4, -0.2) is 19.5 Å². The molecular formula is C48H32N4O. The number of hydrogen-bond donors (Lipinski definition) is 0. The molecule has 0 saturated heterocycles. The number of hydrogen-bond acceptors (Lipinski definition) is 4. The lowest BCUT2D eigenvalue weighted by molar-refractivity contribution is 0.657. The van der Waals surface area contributed by atoms with E-state index < -0.39 is 0 Å². The van der Waals surface area contributed by atoms with E-state index in [4.69, 9.17) is 19.4 Å². The molecule has 1 aliphatic rings. The minimum atomic E-state index is -0.211. The van der Waals surface area contributed by atoms with E-state index in [1.54, 1.807) is 0 Å². The van der Waals surface area contributed by atoms with Crippen LogP contribution in [0.4, 0.5) is 0 Å². The Labute approximate surface area is 305 Å². The van der Waals surface area contributed by atoms with E-state index in [2.05, 4.69) is 109 Å². The molecule has 0 fully saturated rings. The highest BCUT2D eigenvalue weighted by molar-refractivity contribution is 6.14. The van der Waals surface area contributed by atoms with Crippen LogP contribution in [0.25, 0.3) is 94.7 Å². The Morgan fingerprint density at radius 3 is 1.74 bits per heavy atom. The molecular weight excluding hydrogens is 649 g/mol. The van der Waals surface area contributed by atoms with Gasteiger partial charge in [-0.25, -0.2) is 15.0 Å². The van der Waals surface area contributed by atoms with Gasteiger partial charge in [0.2, 0.25) is 0 Å². The van der Waals surface area contributed by atoms with Crippen LogP contribution in [0.2, 0.25) is 0 Å². The van der Waals surface area contributed by atoms with Crippen molar-refractivity contribution in [3.63, 3.8) is 0 Å². The van der Waals surface area contributed by atoms with Crippen molar-refractivity contribution in [1.29, 1.82) is 0 Å². The van der Waals surface area contributed by atoms with E-state index in [9.17, 15) is 0 Å². The third-order valence-corrected chi connectivity index (χ3v) is 11.0. The zero-order valence-corrected chi connectivity index (χ0v) is 29.2. The standard InChI is InChI=1S/C48H32N4O/c1-48(2)38-27-37-33-17-9-11-19-39(33)52(40(37)28-36(38)34-25-26-42-43(44(34)48)35-18-10-12-20-41(35)53-42)32-23-21-31(22-24-32)47-50-45(29-13-5-3-6-14-29)49-46(51-47)30-15-7-4-8-16-30/h3-28H,1-2H3. The van der Waals surface area contributed by atoms with Crippen LogP contribution in [0.1, 0.15) is 25.0 Å².